The van der Waals surface area contributed by atoms with E-state index in [0.29, 0.717) is 6.08 Å². The molecule has 18 heavy (non-hydrogen) atoms. The summed E-state index contributed by atoms with van der Waals surface area (Å²) >= 11 is 0. The zero-order valence-electron chi connectivity index (χ0n) is 11.3. The first-order chi connectivity index (χ1) is 7.96. The third kappa shape index (κ3) is 6.36. The number of hydrogen-bond acceptors (Lipinski definition) is 4. The lowest BCUT2D eigenvalue weighted by Gasteiger charge is -2.26. The highest BCUT2D eigenvalue weighted by atomic mass is 17.2. The van der Waals surface area contributed by atoms with Gasteiger partial charge in [0.2, 0.25) is 0 Å². The van der Waals surface area contributed by atoms with E-state index in [1.807, 2.05) is 0 Å². The molecule has 0 aromatic rings. The number of carboxylic acids is 2. The predicted octanol–water partition coefficient (Wildman–Crippen LogP) is 1.85. The zero-order chi connectivity index (χ0) is 14.6. The van der Waals surface area contributed by atoms with E-state index in [1.54, 1.807) is 34.6 Å². The van der Waals surface area contributed by atoms with Crippen LogP contribution in [0.5, 0.6) is 0 Å². The summed E-state index contributed by atoms with van der Waals surface area (Å²) in [5.74, 6) is -2.60. The van der Waals surface area contributed by atoms with Crippen molar-refractivity contribution in [2.75, 3.05) is 6.61 Å². The molecule has 104 valence electrons. The van der Waals surface area contributed by atoms with Gasteiger partial charge in [-0.1, -0.05) is 13.8 Å². The van der Waals surface area contributed by atoms with E-state index in [-0.39, 0.29) is 12.2 Å². The molecular formula is C12H20O6. The van der Waals surface area contributed by atoms with Gasteiger partial charge >= 0.3 is 11.9 Å². The first kappa shape index (κ1) is 16.6. The molecule has 0 atom stereocenters. The number of carboxylic acid groups (broad SMARTS) is 2. The van der Waals surface area contributed by atoms with Gasteiger partial charge in [0.1, 0.15) is 0 Å². The van der Waals surface area contributed by atoms with Gasteiger partial charge in [-0.2, -0.15) is 0 Å². The van der Waals surface area contributed by atoms with Crippen molar-refractivity contribution in [3.05, 3.63) is 11.6 Å². The van der Waals surface area contributed by atoms with Gasteiger partial charge in [0, 0.05) is 11.5 Å². The fourth-order valence-electron chi connectivity index (χ4n) is 1.10. The zero-order valence-corrected chi connectivity index (χ0v) is 11.3. The fourth-order valence-corrected chi connectivity index (χ4v) is 1.10. The smallest absolute Gasteiger partial charge is 0.332 e. The number of carbonyl (C=O) groups is 2. The van der Waals surface area contributed by atoms with Crippen molar-refractivity contribution in [2.24, 2.45) is 5.41 Å². The Kier molecular flexibility index (Phi) is 5.51. The van der Waals surface area contributed by atoms with Crippen LogP contribution >= 0.6 is 0 Å². The lowest BCUT2D eigenvalue weighted by atomic mass is 9.85. The highest BCUT2D eigenvalue weighted by Crippen LogP contribution is 2.27. The maximum Gasteiger partial charge on any atom is 0.332 e. The minimum atomic E-state index is -1.31. The van der Waals surface area contributed by atoms with Crippen LogP contribution in [-0.2, 0) is 19.4 Å². The van der Waals surface area contributed by atoms with Crippen LogP contribution < -0.4 is 0 Å². The highest BCUT2D eigenvalue weighted by Gasteiger charge is 2.31. The molecule has 0 aliphatic heterocycles. The predicted molar refractivity (Wildman–Crippen MR) is 63.9 cm³/mol. The van der Waals surface area contributed by atoms with Crippen LogP contribution in [0.15, 0.2) is 11.6 Å². The highest BCUT2D eigenvalue weighted by molar-refractivity contribution is 5.95. The van der Waals surface area contributed by atoms with Crippen molar-refractivity contribution in [1.29, 1.82) is 0 Å². The van der Waals surface area contributed by atoms with Gasteiger partial charge in [0.25, 0.3) is 0 Å². The molecular weight excluding hydrogens is 240 g/mol. The van der Waals surface area contributed by atoms with Crippen molar-refractivity contribution in [3.63, 3.8) is 0 Å². The van der Waals surface area contributed by atoms with E-state index in [1.165, 1.54) is 0 Å². The summed E-state index contributed by atoms with van der Waals surface area (Å²) in [4.78, 5) is 31.6. The van der Waals surface area contributed by atoms with Gasteiger partial charge in [-0.3, -0.25) is 0 Å². The molecule has 0 aromatic heterocycles. The number of hydrogen-bond donors (Lipinski definition) is 2. The number of aliphatic carboxylic acids is 2. The van der Waals surface area contributed by atoms with Crippen LogP contribution in [-0.4, -0.2) is 34.4 Å². The van der Waals surface area contributed by atoms with Crippen molar-refractivity contribution >= 4 is 11.9 Å². The third-order valence-electron chi connectivity index (χ3n) is 1.96. The van der Waals surface area contributed by atoms with Crippen LogP contribution in [0.4, 0.5) is 0 Å². The fraction of sp³-hybridized carbons (Fsp3) is 0.667. The lowest BCUT2D eigenvalue weighted by molar-refractivity contribution is -0.356. The normalized spacial score (nSPS) is 13.5. The van der Waals surface area contributed by atoms with Crippen molar-refractivity contribution in [3.8, 4) is 0 Å². The van der Waals surface area contributed by atoms with Crippen LogP contribution in [0.3, 0.4) is 0 Å². The Bertz CT molecular complexity index is 348. The van der Waals surface area contributed by atoms with Crippen LogP contribution in [0, 0.1) is 5.41 Å². The molecule has 0 aliphatic rings. The molecule has 0 rings (SSSR count). The summed E-state index contributed by atoms with van der Waals surface area (Å²) in [5.41, 5.74) is -1.74. The second kappa shape index (κ2) is 5.97. The summed E-state index contributed by atoms with van der Waals surface area (Å²) in [5, 5.41) is 17.6. The quantitative estimate of drug-likeness (QED) is 0.430. The van der Waals surface area contributed by atoms with E-state index in [2.05, 4.69) is 0 Å². The summed E-state index contributed by atoms with van der Waals surface area (Å²) in [6, 6.07) is 0. The Morgan fingerprint density at radius 3 is 1.94 bits per heavy atom. The SMILES string of the molecule is CC(C)(C)OOCC(C)(C)/C(=C\C(=O)O)C(=O)O. The molecule has 0 heterocycles. The summed E-state index contributed by atoms with van der Waals surface area (Å²) < 4.78 is 0. The second-order valence-corrected chi connectivity index (χ2v) is 5.54. The van der Waals surface area contributed by atoms with Crippen molar-refractivity contribution < 1.29 is 29.6 Å². The van der Waals surface area contributed by atoms with Gasteiger partial charge in [-0.05, 0) is 20.8 Å². The summed E-state index contributed by atoms with van der Waals surface area (Å²) in [6.07, 6.45) is 0.669. The Balaban J connectivity index is 4.77. The van der Waals surface area contributed by atoms with Gasteiger partial charge < -0.3 is 10.2 Å². The molecule has 0 saturated carbocycles. The van der Waals surface area contributed by atoms with Gasteiger partial charge in [-0.25, -0.2) is 19.4 Å². The molecule has 0 aromatic carbocycles. The van der Waals surface area contributed by atoms with Gasteiger partial charge in [-0.15, -0.1) is 0 Å². The first-order valence-corrected chi connectivity index (χ1v) is 5.45. The third-order valence-corrected chi connectivity index (χ3v) is 1.96. The van der Waals surface area contributed by atoms with Crippen molar-refractivity contribution in [1.82, 2.24) is 0 Å². The topological polar surface area (TPSA) is 93.1 Å². The Labute approximate surface area is 106 Å². The van der Waals surface area contributed by atoms with E-state index in [9.17, 15) is 9.59 Å². The molecule has 2 N–H and O–H groups in total. The standard InChI is InChI=1S/C12H20O6/c1-11(2,3)18-17-7-12(4,5)8(10(15)16)6-9(13)14/h6H,7H2,1-5H3,(H,13,14)(H,15,16)/b8-6-. The average Bonchev–Trinajstić information content (AvgIpc) is 2.10. The van der Waals surface area contributed by atoms with Crippen LogP contribution in [0.25, 0.3) is 0 Å². The average molecular weight is 260 g/mol. The second-order valence-electron chi connectivity index (χ2n) is 5.54. The summed E-state index contributed by atoms with van der Waals surface area (Å²) in [6.45, 7) is 8.43. The molecule has 0 fully saturated rings. The molecule has 0 radical (unpaired) electrons. The lowest BCUT2D eigenvalue weighted by Crippen LogP contribution is -2.30. The Morgan fingerprint density at radius 1 is 1.11 bits per heavy atom. The molecule has 0 spiro atoms. The Hall–Kier alpha value is -1.40. The summed E-state index contributed by atoms with van der Waals surface area (Å²) in [7, 11) is 0. The maximum absolute atomic E-state index is 11.0. The molecule has 0 unspecified atom stereocenters. The molecule has 0 bridgehead atoms. The minimum absolute atomic E-state index is 0.0598. The molecule has 6 nitrogen and oxygen atoms in total. The molecule has 0 aliphatic carbocycles. The van der Waals surface area contributed by atoms with Crippen molar-refractivity contribution in [2.45, 2.75) is 40.2 Å². The van der Waals surface area contributed by atoms with Crippen LogP contribution in [0.2, 0.25) is 0 Å². The van der Waals surface area contributed by atoms with E-state index >= 15 is 0 Å². The minimum Gasteiger partial charge on any atom is -0.478 e. The Morgan fingerprint density at radius 2 is 1.61 bits per heavy atom. The van der Waals surface area contributed by atoms with Gasteiger partial charge in [0.05, 0.1) is 17.8 Å². The molecule has 0 amide bonds. The molecule has 0 saturated heterocycles. The van der Waals surface area contributed by atoms with Gasteiger partial charge in [0.15, 0.2) is 0 Å². The molecule has 6 heteroatoms. The van der Waals surface area contributed by atoms with E-state index in [4.69, 9.17) is 20.0 Å². The van der Waals surface area contributed by atoms with E-state index in [0.717, 1.165) is 0 Å². The monoisotopic (exact) mass is 260 g/mol. The first-order valence-electron chi connectivity index (χ1n) is 5.45. The number of rotatable bonds is 6. The largest absolute Gasteiger partial charge is 0.478 e. The van der Waals surface area contributed by atoms with Crippen LogP contribution in [0.1, 0.15) is 34.6 Å². The van der Waals surface area contributed by atoms with E-state index < -0.39 is 23.0 Å². The maximum atomic E-state index is 11.0.